The van der Waals surface area contributed by atoms with Crippen molar-refractivity contribution < 1.29 is 9.59 Å². The predicted molar refractivity (Wildman–Crippen MR) is 57.1 cm³/mol. The number of likely N-dealkylation sites (tertiary alicyclic amines) is 1. The summed E-state index contributed by atoms with van der Waals surface area (Å²) in [7, 11) is 0. The van der Waals surface area contributed by atoms with E-state index in [1.807, 2.05) is 11.8 Å². The van der Waals surface area contributed by atoms with Gasteiger partial charge in [-0.25, -0.2) is 0 Å². The van der Waals surface area contributed by atoms with Gasteiger partial charge in [-0.05, 0) is 26.7 Å². The molecule has 0 aromatic rings. The predicted octanol–water partition coefficient (Wildman–Crippen LogP) is -0.539. The fraction of sp³-hybridized carbons (Fsp3) is 0.800. The Morgan fingerprint density at radius 1 is 1.60 bits per heavy atom. The fourth-order valence-corrected chi connectivity index (χ4v) is 1.87. The zero-order valence-corrected chi connectivity index (χ0v) is 9.32. The van der Waals surface area contributed by atoms with E-state index < -0.39 is 6.04 Å². The van der Waals surface area contributed by atoms with E-state index >= 15 is 0 Å². The number of carbonyl (C=O) groups excluding carboxylic acids is 2. The molecule has 0 aromatic carbocycles. The molecule has 2 unspecified atom stereocenters. The average Bonchev–Trinajstić information content (AvgIpc) is 2.63. The highest BCUT2D eigenvalue weighted by atomic mass is 16.2. The molecule has 1 aliphatic heterocycles. The van der Waals surface area contributed by atoms with Crippen LogP contribution < -0.4 is 11.1 Å². The van der Waals surface area contributed by atoms with E-state index in [0.29, 0.717) is 0 Å². The van der Waals surface area contributed by atoms with Crippen molar-refractivity contribution in [3.63, 3.8) is 0 Å². The lowest BCUT2D eigenvalue weighted by Crippen LogP contribution is -2.49. The number of hydrogen-bond donors (Lipinski definition) is 2. The van der Waals surface area contributed by atoms with Crippen molar-refractivity contribution in [3.8, 4) is 0 Å². The van der Waals surface area contributed by atoms with Crippen molar-refractivity contribution >= 4 is 11.8 Å². The molecule has 1 saturated heterocycles. The molecule has 0 radical (unpaired) electrons. The molecule has 0 aromatic heterocycles. The maximum Gasteiger partial charge on any atom is 0.245 e. The number of carbonyl (C=O) groups is 2. The quantitative estimate of drug-likeness (QED) is 0.661. The van der Waals surface area contributed by atoms with Crippen LogP contribution >= 0.6 is 0 Å². The van der Waals surface area contributed by atoms with Crippen LogP contribution in [-0.2, 0) is 9.59 Å². The van der Waals surface area contributed by atoms with Crippen molar-refractivity contribution in [1.29, 1.82) is 0 Å². The largest absolute Gasteiger partial charge is 0.343 e. The lowest BCUT2D eigenvalue weighted by atomic mass is 10.2. The Bertz CT molecular complexity index is 255. The monoisotopic (exact) mass is 213 g/mol. The Balaban J connectivity index is 2.48. The van der Waals surface area contributed by atoms with Crippen LogP contribution in [0.15, 0.2) is 0 Å². The number of nitrogens with two attached hydrogens (primary N) is 1. The number of nitrogens with zero attached hydrogens (tertiary/aromatic N) is 1. The van der Waals surface area contributed by atoms with Crippen LogP contribution in [0.1, 0.15) is 26.7 Å². The molecule has 3 N–H and O–H groups in total. The standard InChI is InChI=1S/C10H19N3O2/c1-7-4-3-5-13(7)10(15)8(2)12-9(14)6-11/h7-8H,3-6,11H2,1-2H3,(H,12,14). The van der Waals surface area contributed by atoms with Crippen molar-refractivity contribution in [3.05, 3.63) is 0 Å². The smallest absolute Gasteiger partial charge is 0.245 e. The molecule has 2 atom stereocenters. The summed E-state index contributed by atoms with van der Waals surface area (Å²) in [6.45, 7) is 4.44. The van der Waals surface area contributed by atoms with E-state index in [9.17, 15) is 9.59 Å². The van der Waals surface area contributed by atoms with Crippen molar-refractivity contribution in [2.45, 2.75) is 38.8 Å². The molecule has 5 heteroatoms. The third kappa shape index (κ3) is 2.92. The van der Waals surface area contributed by atoms with Gasteiger partial charge < -0.3 is 16.0 Å². The summed E-state index contributed by atoms with van der Waals surface area (Å²) in [5, 5.41) is 2.57. The van der Waals surface area contributed by atoms with Gasteiger partial charge in [0.05, 0.1) is 6.54 Å². The van der Waals surface area contributed by atoms with Crippen molar-refractivity contribution in [2.24, 2.45) is 5.73 Å². The second kappa shape index (κ2) is 5.11. The average molecular weight is 213 g/mol. The van der Waals surface area contributed by atoms with Gasteiger partial charge >= 0.3 is 0 Å². The first-order chi connectivity index (χ1) is 7.06. The molecule has 0 aliphatic carbocycles. The Kier molecular flexibility index (Phi) is 4.08. The van der Waals surface area contributed by atoms with Gasteiger partial charge in [-0.3, -0.25) is 9.59 Å². The van der Waals surface area contributed by atoms with Crippen LogP contribution in [0.5, 0.6) is 0 Å². The summed E-state index contributed by atoms with van der Waals surface area (Å²) >= 11 is 0. The number of hydrogen-bond acceptors (Lipinski definition) is 3. The third-order valence-corrected chi connectivity index (χ3v) is 2.77. The van der Waals surface area contributed by atoms with E-state index in [4.69, 9.17) is 5.73 Å². The van der Waals surface area contributed by atoms with Gasteiger partial charge in [0.2, 0.25) is 11.8 Å². The van der Waals surface area contributed by atoms with Crippen LogP contribution in [0.3, 0.4) is 0 Å². The molecule has 15 heavy (non-hydrogen) atoms. The highest BCUT2D eigenvalue weighted by Crippen LogP contribution is 2.17. The van der Waals surface area contributed by atoms with E-state index in [1.54, 1.807) is 6.92 Å². The zero-order valence-electron chi connectivity index (χ0n) is 9.32. The van der Waals surface area contributed by atoms with Crippen LogP contribution in [0, 0.1) is 0 Å². The maximum atomic E-state index is 11.9. The second-order valence-electron chi connectivity index (χ2n) is 4.02. The number of rotatable bonds is 3. The summed E-state index contributed by atoms with van der Waals surface area (Å²) in [5.74, 6) is -0.301. The van der Waals surface area contributed by atoms with E-state index in [1.165, 1.54) is 0 Å². The van der Waals surface area contributed by atoms with Crippen LogP contribution in [0.25, 0.3) is 0 Å². The highest BCUT2D eigenvalue weighted by Gasteiger charge is 2.28. The highest BCUT2D eigenvalue weighted by molar-refractivity contribution is 5.88. The molecule has 2 amide bonds. The van der Waals surface area contributed by atoms with E-state index in [2.05, 4.69) is 5.32 Å². The molecule has 0 bridgehead atoms. The molecule has 1 rings (SSSR count). The maximum absolute atomic E-state index is 11.9. The molecule has 1 aliphatic rings. The summed E-state index contributed by atoms with van der Waals surface area (Å²) in [6.07, 6.45) is 2.09. The van der Waals surface area contributed by atoms with Gasteiger partial charge in [0, 0.05) is 12.6 Å². The van der Waals surface area contributed by atoms with Gasteiger partial charge in [0.15, 0.2) is 0 Å². The second-order valence-corrected chi connectivity index (χ2v) is 4.02. The molecule has 1 fully saturated rings. The van der Waals surface area contributed by atoms with Crippen molar-refractivity contribution in [2.75, 3.05) is 13.1 Å². The summed E-state index contributed by atoms with van der Waals surface area (Å²) in [6, 6.07) is -0.184. The molecular weight excluding hydrogens is 194 g/mol. The Morgan fingerprint density at radius 2 is 2.27 bits per heavy atom. The zero-order chi connectivity index (χ0) is 11.4. The SMILES string of the molecule is CC(NC(=O)CN)C(=O)N1CCCC1C. The Hall–Kier alpha value is -1.10. The minimum atomic E-state index is -0.471. The molecule has 0 spiro atoms. The first-order valence-corrected chi connectivity index (χ1v) is 5.36. The lowest BCUT2D eigenvalue weighted by Gasteiger charge is -2.25. The van der Waals surface area contributed by atoms with Gasteiger partial charge in [-0.2, -0.15) is 0 Å². The van der Waals surface area contributed by atoms with E-state index in [-0.39, 0.29) is 24.4 Å². The first-order valence-electron chi connectivity index (χ1n) is 5.36. The minimum Gasteiger partial charge on any atom is -0.343 e. The molecule has 0 saturated carbocycles. The Labute approximate surface area is 90.0 Å². The lowest BCUT2D eigenvalue weighted by molar-refractivity contribution is -0.136. The van der Waals surface area contributed by atoms with Crippen LogP contribution in [0.4, 0.5) is 0 Å². The summed E-state index contributed by atoms with van der Waals surface area (Å²) < 4.78 is 0. The van der Waals surface area contributed by atoms with Crippen molar-refractivity contribution in [1.82, 2.24) is 10.2 Å². The Morgan fingerprint density at radius 3 is 2.73 bits per heavy atom. The van der Waals surface area contributed by atoms with Crippen LogP contribution in [-0.4, -0.2) is 41.9 Å². The van der Waals surface area contributed by atoms with Gasteiger partial charge in [-0.1, -0.05) is 0 Å². The normalized spacial score (nSPS) is 22.6. The first kappa shape index (κ1) is 12.0. The third-order valence-electron chi connectivity index (χ3n) is 2.77. The molecular formula is C10H19N3O2. The van der Waals surface area contributed by atoms with E-state index in [0.717, 1.165) is 19.4 Å². The minimum absolute atomic E-state index is 0.0122. The topological polar surface area (TPSA) is 75.4 Å². The van der Waals surface area contributed by atoms with Crippen LogP contribution in [0.2, 0.25) is 0 Å². The summed E-state index contributed by atoms with van der Waals surface area (Å²) in [4.78, 5) is 24.7. The number of nitrogens with one attached hydrogen (secondary N) is 1. The van der Waals surface area contributed by atoms with Gasteiger partial charge in [0.25, 0.3) is 0 Å². The molecule has 5 nitrogen and oxygen atoms in total. The number of amides is 2. The van der Waals surface area contributed by atoms with Gasteiger partial charge in [0.1, 0.15) is 6.04 Å². The fourth-order valence-electron chi connectivity index (χ4n) is 1.87. The van der Waals surface area contributed by atoms with Gasteiger partial charge in [-0.15, -0.1) is 0 Å². The molecule has 86 valence electrons. The summed E-state index contributed by atoms with van der Waals surface area (Å²) in [5.41, 5.74) is 5.16. The molecule has 1 heterocycles.